The second kappa shape index (κ2) is 8.86. The van der Waals surface area contributed by atoms with E-state index >= 15 is 0 Å². The minimum atomic E-state index is 0.165. The summed E-state index contributed by atoms with van der Waals surface area (Å²) in [5.74, 6) is 0. The largest absolute Gasteiger partial charge is 0.378 e. The van der Waals surface area contributed by atoms with Crippen LogP contribution in [0.1, 0.15) is 41.5 Å². The van der Waals surface area contributed by atoms with Gasteiger partial charge in [0.1, 0.15) is 0 Å². The number of hydrogen-bond acceptors (Lipinski definition) is 4. The van der Waals surface area contributed by atoms with Gasteiger partial charge in [-0.25, -0.2) is 0 Å². The predicted molar refractivity (Wildman–Crippen MR) is 77.1 cm³/mol. The Morgan fingerprint density at radius 1 is 0.611 bits per heavy atom. The van der Waals surface area contributed by atoms with Gasteiger partial charge in [-0.15, -0.1) is 0 Å². The molecule has 2 N–H and O–H groups in total. The van der Waals surface area contributed by atoms with Crippen molar-refractivity contribution in [3.05, 3.63) is 0 Å². The molecule has 4 nitrogen and oxygen atoms in total. The lowest BCUT2D eigenvalue weighted by Gasteiger charge is -2.20. The lowest BCUT2D eigenvalue weighted by molar-refractivity contribution is 0.0472. The van der Waals surface area contributed by atoms with Crippen molar-refractivity contribution in [1.29, 1.82) is 0 Å². The third kappa shape index (κ3) is 15.8. The van der Waals surface area contributed by atoms with Crippen molar-refractivity contribution in [3.63, 3.8) is 0 Å². The normalized spacial score (nSPS) is 13.0. The van der Waals surface area contributed by atoms with E-state index < -0.39 is 0 Å². The van der Waals surface area contributed by atoms with E-state index in [-0.39, 0.29) is 11.1 Å². The summed E-state index contributed by atoms with van der Waals surface area (Å²) in [5.41, 5.74) is 0.330. The molecule has 0 unspecified atom stereocenters. The van der Waals surface area contributed by atoms with Crippen LogP contribution in [0.2, 0.25) is 0 Å². The molecule has 0 aliphatic carbocycles. The van der Waals surface area contributed by atoms with Crippen LogP contribution in [0.4, 0.5) is 0 Å². The van der Waals surface area contributed by atoms with Crippen LogP contribution in [-0.4, -0.2) is 50.6 Å². The van der Waals surface area contributed by atoms with Crippen LogP contribution in [0.5, 0.6) is 0 Å². The molecular formula is C14H32N2O2. The van der Waals surface area contributed by atoms with E-state index in [0.29, 0.717) is 13.2 Å². The summed E-state index contributed by atoms with van der Waals surface area (Å²) in [6.07, 6.45) is 0. The third-order valence-corrected chi connectivity index (χ3v) is 2.18. The molecule has 4 heteroatoms. The molecule has 0 bridgehead atoms. The molecule has 0 spiro atoms. The van der Waals surface area contributed by atoms with Crippen molar-refractivity contribution in [2.45, 2.75) is 52.6 Å². The van der Waals surface area contributed by atoms with Crippen LogP contribution >= 0.6 is 0 Å². The highest BCUT2D eigenvalue weighted by Crippen LogP contribution is 1.97. The van der Waals surface area contributed by atoms with Gasteiger partial charge >= 0.3 is 0 Å². The molecular weight excluding hydrogens is 228 g/mol. The number of nitrogens with one attached hydrogen (secondary N) is 2. The van der Waals surface area contributed by atoms with E-state index in [4.69, 9.17) is 9.47 Å². The Balaban J connectivity index is 3.13. The fraction of sp³-hybridized carbons (Fsp3) is 1.00. The standard InChI is InChI=1S/C14H32N2O2/c1-13(2,3)15-7-9-17-11-12-18-10-8-16-14(4,5)6/h15-16H,7-12H2,1-6H3. The fourth-order valence-corrected chi connectivity index (χ4v) is 1.32. The van der Waals surface area contributed by atoms with E-state index in [1.165, 1.54) is 0 Å². The fourth-order valence-electron chi connectivity index (χ4n) is 1.32. The molecule has 0 aliphatic heterocycles. The zero-order chi connectivity index (χ0) is 14.1. The van der Waals surface area contributed by atoms with Crippen molar-refractivity contribution >= 4 is 0 Å². The van der Waals surface area contributed by atoms with Crippen LogP contribution in [0, 0.1) is 0 Å². The van der Waals surface area contributed by atoms with E-state index in [1.807, 2.05) is 0 Å². The first-order chi connectivity index (χ1) is 8.21. The Morgan fingerprint density at radius 3 is 1.22 bits per heavy atom. The van der Waals surface area contributed by atoms with E-state index in [0.717, 1.165) is 26.3 Å². The Kier molecular flexibility index (Phi) is 8.78. The van der Waals surface area contributed by atoms with Crippen molar-refractivity contribution < 1.29 is 9.47 Å². The summed E-state index contributed by atoms with van der Waals surface area (Å²) in [6, 6.07) is 0. The monoisotopic (exact) mass is 260 g/mol. The van der Waals surface area contributed by atoms with Gasteiger partial charge in [-0.2, -0.15) is 0 Å². The van der Waals surface area contributed by atoms with Gasteiger partial charge < -0.3 is 20.1 Å². The van der Waals surface area contributed by atoms with Crippen molar-refractivity contribution in [1.82, 2.24) is 10.6 Å². The van der Waals surface area contributed by atoms with Crippen LogP contribution in [0.3, 0.4) is 0 Å². The Morgan fingerprint density at radius 2 is 0.944 bits per heavy atom. The Bertz CT molecular complexity index is 173. The van der Waals surface area contributed by atoms with Gasteiger partial charge in [0.2, 0.25) is 0 Å². The first kappa shape index (κ1) is 17.8. The highest BCUT2D eigenvalue weighted by molar-refractivity contribution is 4.69. The lowest BCUT2D eigenvalue weighted by Crippen LogP contribution is -2.38. The smallest absolute Gasteiger partial charge is 0.0701 e. The van der Waals surface area contributed by atoms with Crippen molar-refractivity contribution in [3.8, 4) is 0 Å². The van der Waals surface area contributed by atoms with Gasteiger partial charge in [0, 0.05) is 24.2 Å². The summed E-state index contributed by atoms with van der Waals surface area (Å²) < 4.78 is 10.9. The highest BCUT2D eigenvalue weighted by atomic mass is 16.5. The quantitative estimate of drug-likeness (QED) is 0.620. The van der Waals surface area contributed by atoms with Crippen LogP contribution < -0.4 is 10.6 Å². The Labute approximate surface area is 113 Å². The molecule has 0 aromatic carbocycles. The minimum Gasteiger partial charge on any atom is -0.378 e. The molecule has 0 fully saturated rings. The number of hydrogen-bond donors (Lipinski definition) is 2. The first-order valence-electron chi connectivity index (χ1n) is 6.86. The zero-order valence-corrected chi connectivity index (χ0v) is 13.1. The van der Waals surface area contributed by atoms with Crippen LogP contribution in [0.25, 0.3) is 0 Å². The zero-order valence-electron chi connectivity index (χ0n) is 13.1. The highest BCUT2D eigenvalue weighted by Gasteiger charge is 2.07. The van der Waals surface area contributed by atoms with Crippen molar-refractivity contribution in [2.75, 3.05) is 39.5 Å². The summed E-state index contributed by atoms with van der Waals surface area (Å²) in [6.45, 7) is 17.5. The third-order valence-electron chi connectivity index (χ3n) is 2.18. The summed E-state index contributed by atoms with van der Waals surface area (Å²) >= 11 is 0. The van der Waals surface area contributed by atoms with E-state index in [9.17, 15) is 0 Å². The molecule has 0 amide bonds. The molecule has 0 saturated heterocycles. The maximum atomic E-state index is 5.47. The van der Waals surface area contributed by atoms with Crippen LogP contribution in [0.15, 0.2) is 0 Å². The van der Waals surface area contributed by atoms with Gasteiger partial charge in [-0.05, 0) is 41.5 Å². The second-order valence-electron chi connectivity index (χ2n) is 6.58. The second-order valence-corrected chi connectivity index (χ2v) is 6.58. The predicted octanol–water partition coefficient (Wildman–Crippen LogP) is 1.80. The molecule has 0 aromatic heterocycles. The molecule has 0 heterocycles. The minimum absolute atomic E-state index is 0.165. The molecule has 0 rings (SSSR count). The topological polar surface area (TPSA) is 42.5 Å². The Hall–Kier alpha value is -0.160. The molecule has 18 heavy (non-hydrogen) atoms. The number of ether oxygens (including phenoxy) is 2. The molecule has 110 valence electrons. The molecule has 0 saturated carbocycles. The molecule has 0 radical (unpaired) electrons. The summed E-state index contributed by atoms with van der Waals surface area (Å²) in [7, 11) is 0. The van der Waals surface area contributed by atoms with Gasteiger partial charge in [0.25, 0.3) is 0 Å². The van der Waals surface area contributed by atoms with E-state index in [1.54, 1.807) is 0 Å². The maximum Gasteiger partial charge on any atom is 0.0701 e. The molecule has 0 aliphatic rings. The lowest BCUT2D eigenvalue weighted by atomic mass is 10.1. The van der Waals surface area contributed by atoms with Crippen LogP contribution in [-0.2, 0) is 9.47 Å². The van der Waals surface area contributed by atoms with Gasteiger partial charge in [0.15, 0.2) is 0 Å². The molecule has 0 aromatic rings. The summed E-state index contributed by atoms with van der Waals surface area (Å²) in [4.78, 5) is 0. The number of rotatable bonds is 9. The van der Waals surface area contributed by atoms with Gasteiger partial charge in [-0.1, -0.05) is 0 Å². The summed E-state index contributed by atoms with van der Waals surface area (Å²) in [5, 5.41) is 6.75. The maximum absolute atomic E-state index is 5.47. The van der Waals surface area contributed by atoms with Gasteiger partial charge in [-0.3, -0.25) is 0 Å². The first-order valence-corrected chi connectivity index (χ1v) is 6.86. The average Bonchev–Trinajstić information content (AvgIpc) is 2.17. The molecule has 0 atom stereocenters. The van der Waals surface area contributed by atoms with E-state index in [2.05, 4.69) is 52.2 Å². The average molecular weight is 260 g/mol. The van der Waals surface area contributed by atoms with Gasteiger partial charge in [0.05, 0.1) is 26.4 Å². The van der Waals surface area contributed by atoms with Crippen molar-refractivity contribution in [2.24, 2.45) is 0 Å². The SMILES string of the molecule is CC(C)(C)NCCOCCOCCNC(C)(C)C.